The molecular weight excluding hydrogens is 226 g/mol. The Bertz CT molecular complexity index is 376. The van der Waals surface area contributed by atoms with Crippen LogP contribution in [0.15, 0.2) is 0 Å². The number of carbonyl (C=O) groups excluding carboxylic acids is 1. The molecule has 6 heteroatoms. The van der Waals surface area contributed by atoms with Gasteiger partial charge < -0.3 is 4.74 Å². The third-order valence-corrected chi connectivity index (χ3v) is 3.63. The highest BCUT2D eigenvalue weighted by Gasteiger charge is 2.27. The molecule has 2 rings (SSSR count). The molecule has 0 radical (unpaired) electrons. The molecule has 1 saturated carbocycles. The molecular formula is C10H15N3O2S. The minimum atomic E-state index is -0.202. The first-order valence-corrected chi connectivity index (χ1v) is 6.36. The molecule has 1 N–H and O–H groups in total. The smallest absolute Gasteiger partial charge is 0.318 e. The van der Waals surface area contributed by atoms with Gasteiger partial charge in [-0.1, -0.05) is 0 Å². The lowest BCUT2D eigenvalue weighted by Crippen LogP contribution is -2.15. The maximum atomic E-state index is 11.2. The number of H-pyrrole nitrogens is 1. The number of nitrogens with zero attached hydrogens (tertiary/aromatic N) is 2. The minimum absolute atomic E-state index is 0.167. The van der Waals surface area contributed by atoms with Crippen molar-refractivity contribution in [3.05, 3.63) is 11.6 Å². The lowest BCUT2D eigenvalue weighted by atomic mass is 10.4. The molecule has 0 unspecified atom stereocenters. The summed E-state index contributed by atoms with van der Waals surface area (Å²) in [6.45, 7) is 1.83. The van der Waals surface area contributed by atoms with E-state index in [1.54, 1.807) is 0 Å². The molecule has 1 aliphatic rings. The van der Waals surface area contributed by atoms with Crippen molar-refractivity contribution >= 4 is 17.7 Å². The molecule has 1 atom stereocenters. The molecule has 1 aromatic heterocycles. The highest BCUT2D eigenvalue weighted by Crippen LogP contribution is 2.37. The van der Waals surface area contributed by atoms with Gasteiger partial charge in [-0.15, -0.1) is 11.8 Å². The van der Waals surface area contributed by atoms with Crippen molar-refractivity contribution in [2.75, 3.05) is 7.11 Å². The topological polar surface area (TPSA) is 67.9 Å². The zero-order valence-corrected chi connectivity index (χ0v) is 10.2. The Kier molecular flexibility index (Phi) is 3.48. The van der Waals surface area contributed by atoms with E-state index in [2.05, 4.69) is 19.9 Å². The molecule has 0 spiro atoms. The molecule has 0 saturated heterocycles. The average Bonchev–Trinajstić information content (AvgIpc) is 3.05. The average molecular weight is 241 g/mol. The molecule has 16 heavy (non-hydrogen) atoms. The fourth-order valence-electron chi connectivity index (χ4n) is 1.34. The summed E-state index contributed by atoms with van der Waals surface area (Å²) in [6, 6.07) is 0. The predicted molar refractivity (Wildman–Crippen MR) is 61.1 cm³/mol. The SMILES string of the molecule is COC(=O)[C@@H](C)SCc1nc(C2CC2)n[nH]1. The van der Waals surface area contributed by atoms with Crippen LogP contribution in [0.2, 0.25) is 0 Å². The molecule has 0 aromatic carbocycles. The summed E-state index contributed by atoms with van der Waals surface area (Å²) < 4.78 is 4.65. The largest absolute Gasteiger partial charge is 0.468 e. The molecule has 1 heterocycles. The Balaban J connectivity index is 1.82. The van der Waals surface area contributed by atoms with Gasteiger partial charge in [0, 0.05) is 5.92 Å². The van der Waals surface area contributed by atoms with Gasteiger partial charge in [0.05, 0.1) is 12.9 Å². The van der Waals surface area contributed by atoms with Crippen LogP contribution in [0.3, 0.4) is 0 Å². The van der Waals surface area contributed by atoms with Crippen molar-refractivity contribution < 1.29 is 9.53 Å². The number of esters is 1. The lowest BCUT2D eigenvalue weighted by Gasteiger charge is -2.06. The molecule has 0 amide bonds. The van der Waals surface area contributed by atoms with E-state index < -0.39 is 0 Å². The summed E-state index contributed by atoms with van der Waals surface area (Å²) in [5, 5.41) is 6.89. The predicted octanol–water partition coefficient (Wildman–Crippen LogP) is 1.48. The van der Waals surface area contributed by atoms with Crippen LogP contribution in [0.1, 0.15) is 37.3 Å². The zero-order chi connectivity index (χ0) is 11.5. The van der Waals surface area contributed by atoms with E-state index in [4.69, 9.17) is 0 Å². The van der Waals surface area contributed by atoms with Crippen LogP contribution in [0.4, 0.5) is 0 Å². The Hall–Kier alpha value is -1.04. The summed E-state index contributed by atoms with van der Waals surface area (Å²) in [6.07, 6.45) is 2.39. The van der Waals surface area contributed by atoms with E-state index in [-0.39, 0.29) is 11.2 Å². The van der Waals surface area contributed by atoms with Crippen molar-refractivity contribution in [1.82, 2.24) is 15.2 Å². The standard InChI is InChI=1S/C10H15N3O2S/c1-6(10(14)15-2)16-5-8-11-9(13-12-8)7-3-4-7/h6-7H,3-5H2,1-2H3,(H,11,12,13)/t6-/m1/s1. The third kappa shape index (κ3) is 2.75. The summed E-state index contributed by atoms with van der Waals surface area (Å²) in [5.41, 5.74) is 0. The lowest BCUT2D eigenvalue weighted by molar-refractivity contribution is -0.139. The van der Waals surface area contributed by atoms with E-state index in [1.165, 1.54) is 31.7 Å². The van der Waals surface area contributed by atoms with Crippen LogP contribution in [0, 0.1) is 0 Å². The summed E-state index contributed by atoms with van der Waals surface area (Å²) in [5.74, 6) is 2.78. The van der Waals surface area contributed by atoms with Gasteiger partial charge in [0.25, 0.3) is 0 Å². The molecule has 5 nitrogen and oxygen atoms in total. The second-order valence-electron chi connectivity index (χ2n) is 3.89. The Morgan fingerprint density at radius 1 is 1.69 bits per heavy atom. The van der Waals surface area contributed by atoms with E-state index >= 15 is 0 Å². The van der Waals surface area contributed by atoms with Gasteiger partial charge in [-0.2, -0.15) is 5.10 Å². The number of carbonyl (C=O) groups is 1. The summed E-state index contributed by atoms with van der Waals surface area (Å²) >= 11 is 1.50. The zero-order valence-electron chi connectivity index (χ0n) is 9.40. The van der Waals surface area contributed by atoms with Gasteiger partial charge in [0.1, 0.15) is 11.1 Å². The van der Waals surface area contributed by atoms with Crippen LogP contribution in [0.25, 0.3) is 0 Å². The molecule has 1 aliphatic carbocycles. The normalized spacial score (nSPS) is 17.1. The number of nitrogens with one attached hydrogen (secondary N) is 1. The van der Waals surface area contributed by atoms with Gasteiger partial charge in [0.15, 0.2) is 5.82 Å². The van der Waals surface area contributed by atoms with Gasteiger partial charge >= 0.3 is 5.97 Å². The third-order valence-electron chi connectivity index (χ3n) is 2.49. The van der Waals surface area contributed by atoms with Gasteiger partial charge in [-0.05, 0) is 19.8 Å². The van der Waals surface area contributed by atoms with Crippen molar-refractivity contribution in [2.45, 2.75) is 36.7 Å². The number of aromatic nitrogens is 3. The molecule has 0 bridgehead atoms. The van der Waals surface area contributed by atoms with Crippen LogP contribution in [0.5, 0.6) is 0 Å². The monoisotopic (exact) mass is 241 g/mol. The first-order chi connectivity index (χ1) is 7.70. The van der Waals surface area contributed by atoms with Crippen LogP contribution in [-0.4, -0.2) is 33.5 Å². The van der Waals surface area contributed by atoms with E-state index in [0.717, 1.165) is 11.6 Å². The van der Waals surface area contributed by atoms with Crippen LogP contribution >= 0.6 is 11.8 Å². The first kappa shape index (κ1) is 11.4. The number of ether oxygens (including phenoxy) is 1. The van der Waals surface area contributed by atoms with Gasteiger partial charge in [-0.25, -0.2) is 4.98 Å². The Morgan fingerprint density at radius 2 is 2.44 bits per heavy atom. The maximum absolute atomic E-state index is 11.2. The second-order valence-corrected chi connectivity index (χ2v) is 5.22. The van der Waals surface area contributed by atoms with Crippen molar-refractivity contribution in [2.24, 2.45) is 0 Å². The number of aromatic amines is 1. The van der Waals surface area contributed by atoms with E-state index in [0.29, 0.717) is 11.7 Å². The number of thioether (sulfide) groups is 1. The molecule has 1 fully saturated rings. The number of rotatable bonds is 5. The second kappa shape index (κ2) is 4.86. The molecule has 1 aromatic rings. The van der Waals surface area contributed by atoms with Gasteiger partial charge in [0.2, 0.25) is 0 Å². The van der Waals surface area contributed by atoms with Crippen LogP contribution < -0.4 is 0 Å². The Labute approximate surface area is 98.4 Å². The van der Waals surface area contributed by atoms with Crippen molar-refractivity contribution in [3.8, 4) is 0 Å². The number of hydrogen-bond donors (Lipinski definition) is 1. The number of methoxy groups -OCH3 is 1. The molecule has 0 aliphatic heterocycles. The minimum Gasteiger partial charge on any atom is -0.468 e. The van der Waals surface area contributed by atoms with Crippen molar-refractivity contribution in [1.29, 1.82) is 0 Å². The number of hydrogen-bond acceptors (Lipinski definition) is 5. The Morgan fingerprint density at radius 3 is 3.06 bits per heavy atom. The first-order valence-electron chi connectivity index (χ1n) is 5.31. The van der Waals surface area contributed by atoms with E-state index in [1.807, 2.05) is 6.92 Å². The summed E-state index contributed by atoms with van der Waals surface area (Å²) in [7, 11) is 1.40. The van der Waals surface area contributed by atoms with E-state index in [9.17, 15) is 4.79 Å². The van der Waals surface area contributed by atoms with Crippen LogP contribution in [-0.2, 0) is 15.3 Å². The highest BCUT2D eigenvalue weighted by atomic mass is 32.2. The maximum Gasteiger partial charge on any atom is 0.318 e. The quantitative estimate of drug-likeness (QED) is 0.791. The highest BCUT2D eigenvalue weighted by molar-refractivity contribution is 7.99. The van der Waals surface area contributed by atoms with Gasteiger partial charge in [-0.3, -0.25) is 9.89 Å². The fourth-order valence-corrected chi connectivity index (χ4v) is 2.11. The fraction of sp³-hybridized carbons (Fsp3) is 0.700. The molecule has 88 valence electrons. The summed E-state index contributed by atoms with van der Waals surface area (Å²) in [4.78, 5) is 15.6. The van der Waals surface area contributed by atoms with Crippen molar-refractivity contribution in [3.63, 3.8) is 0 Å².